The molecule has 36 heavy (non-hydrogen) atoms. The van der Waals surface area contributed by atoms with E-state index in [1.54, 1.807) is 19.2 Å². The zero-order valence-corrected chi connectivity index (χ0v) is 21.4. The highest BCUT2D eigenvalue weighted by Gasteiger charge is 2.32. The van der Waals surface area contributed by atoms with E-state index in [2.05, 4.69) is 60.9 Å². The van der Waals surface area contributed by atoms with Crippen LogP contribution in [0.1, 0.15) is 43.5 Å². The molecule has 1 aliphatic carbocycles. The van der Waals surface area contributed by atoms with Crippen LogP contribution in [0.4, 0.5) is 13.2 Å². The van der Waals surface area contributed by atoms with Gasteiger partial charge in [-0.3, -0.25) is 4.90 Å². The lowest BCUT2D eigenvalue weighted by atomic mass is 9.95. The average molecular weight is 497 g/mol. The van der Waals surface area contributed by atoms with E-state index in [1.807, 2.05) is 18.2 Å². The Balaban J connectivity index is 1.56. The Hall–Kier alpha value is -2.99. The molecule has 1 aliphatic heterocycles. The molecule has 0 spiro atoms. The van der Waals surface area contributed by atoms with Gasteiger partial charge in [0, 0.05) is 31.9 Å². The fourth-order valence-electron chi connectivity index (χ4n) is 5.13. The maximum Gasteiger partial charge on any atom is 0.416 e. The Morgan fingerprint density at radius 2 is 1.47 bits per heavy atom. The highest BCUT2D eigenvalue weighted by Crippen LogP contribution is 2.35. The lowest BCUT2D eigenvalue weighted by Crippen LogP contribution is -2.48. The van der Waals surface area contributed by atoms with E-state index in [9.17, 15) is 13.2 Å². The molecule has 192 valence electrons. The van der Waals surface area contributed by atoms with Crippen LogP contribution >= 0.6 is 0 Å². The zero-order chi connectivity index (χ0) is 25.9. The van der Waals surface area contributed by atoms with E-state index < -0.39 is 11.7 Å². The molecule has 1 heterocycles. The second kappa shape index (κ2) is 11.0. The van der Waals surface area contributed by atoms with E-state index in [0.29, 0.717) is 5.92 Å². The number of ether oxygens (including phenoxy) is 1. The molecule has 1 fully saturated rings. The lowest BCUT2D eigenvalue weighted by Gasteiger charge is -2.42. The van der Waals surface area contributed by atoms with E-state index >= 15 is 0 Å². The van der Waals surface area contributed by atoms with Gasteiger partial charge in [-0.1, -0.05) is 62.4 Å². The molecule has 0 radical (unpaired) electrons. The van der Waals surface area contributed by atoms with E-state index in [1.165, 1.54) is 23.4 Å². The molecule has 0 aromatic heterocycles. The third kappa shape index (κ3) is 5.70. The fourth-order valence-corrected chi connectivity index (χ4v) is 5.13. The summed E-state index contributed by atoms with van der Waals surface area (Å²) in [6.45, 7) is 9.82. The number of methoxy groups -OCH3 is 1. The highest BCUT2D eigenvalue weighted by atomic mass is 19.4. The van der Waals surface area contributed by atoms with E-state index in [4.69, 9.17) is 4.74 Å². The van der Waals surface area contributed by atoms with E-state index in [0.717, 1.165) is 43.1 Å². The van der Waals surface area contributed by atoms with Crippen LogP contribution in [0.15, 0.2) is 89.9 Å². The second-order valence-corrected chi connectivity index (χ2v) is 9.84. The van der Waals surface area contributed by atoms with Crippen molar-refractivity contribution in [3.63, 3.8) is 0 Å². The number of halogens is 3. The minimum absolute atomic E-state index is 0.0990. The van der Waals surface area contributed by atoms with Gasteiger partial charge in [0.1, 0.15) is 5.76 Å². The molecule has 4 rings (SSSR count). The summed E-state index contributed by atoms with van der Waals surface area (Å²) >= 11 is 0. The Morgan fingerprint density at radius 3 is 2.03 bits per heavy atom. The second-order valence-electron chi connectivity index (χ2n) is 9.84. The summed E-state index contributed by atoms with van der Waals surface area (Å²) in [5.41, 5.74) is 3.83. The van der Waals surface area contributed by atoms with Gasteiger partial charge in [0.15, 0.2) is 0 Å². The standard InChI is InChI=1S/C30H35F3N2O/c1-21(2)25-12-15-27(22(3)28(20-25)36-4)34-16-18-35(19-17-34)29(23-8-6-5-7-9-23)24-10-13-26(14-11-24)30(31,32)33/h5-15,20-22,29H,16-19H2,1-4H3. The molecule has 0 amide bonds. The van der Waals surface area contributed by atoms with Crippen molar-refractivity contribution in [2.45, 2.75) is 33.0 Å². The van der Waals surface area contributed by atoms with Gasteiger partial charge in [-0.15, -0.1) is 0 Å². The number of rotatable bonds is 6. The Labute approximate surface area is 212 Å². The zero-order valence-electron chi connectivity index (χ0n) is 21.4. The van der Waals surface area contributed by atoms with Crippen LogP contribution in [0.25, 0.3) is 0 Å². The summed E-state index contributed by atoms with van der Waals surface area (Å²) in [5.74, 6) is 1.52. The SMILES string of the molecule is COC1=CC(C(C)C)=CC=C(N2CCN(C(c3ccccc3)c3ccc(C(F)(F)F)cc3)CC2)C1C. The number of nitrogens with zero attached hydrogens (tertiary/aromatic N) is 2. The Bertz CT molecular complexity index is 1110. The van der Waals surface area contributed by atoms with Crippen molar-refractivity contribution in [3.05, 3.63) is 107 Å². The number of piperazine rings is 1. The number of hydrogen-bond acceptors (Lipinski definition) is 3. The first kappa shape index (κ1) is 26.1. The van der Waals surface area contributed by atoms with Gasteiger partial charge in [-0.05, 0) is 53.8 Å². The van der Waals surface area contributed by atoms with Gasteiger partial charge >= 0.3 is 6.18 Å². The van der Waals surface area contributed by atoms with Crippen molar-refractivity contribution < 1.29 is 17.9 Å². The molecule has 1 saturated heterocycles. The van der Waals surface area contributed by atoms with Gasteiger partial charge in [0.05, 0.1) is 24.6 Å². The summed E-state index contributed by atoms with van der Waals surface area (Å²) in [7, 11) is 1.73. The predicted octanol–water partition coefficient (Wildman–Crippen LogP) is 7.06. The monoisotopic (exact) mass is 496 g/mol. The minimum atomic E-state index is -4.34. The third-order valence-corrected chi connectivity index (χ3v) is 7.24. The van der Waals surface area contributed by atoms with Gasteiger partial charge in [-0.2, -0.15) is 13.2 Å². The van der Waals surface area contributed by atoms with Crippen molar-refractivity contribution in [1.82, 2.24) is 9.80 Å². The summed E-state index contributed by atoms with van der Waals surface area (Å²) in [5, 5.41) is 0. The van der Waals surface area contributed by atoms with Crippen molar-refractivity contribution >= 4 is 0 Å². The average Bonchev–Trinajstić information content (AvgIpc) is 3.04. The maximum absolute atomic E-state index is 13.2. The van der Waals surface area contributed by atoms with Gasteiger partial charge in [-0.25, -0.2) is 0 Å². The largest absolute Gasteiger partial charge is 0.500 e. The topological polar surface area (TPSA) is 15.7 Å². The normalized spacial score (nSPS) is 20.4. The molecule has 6 heteroatoms. The molecule has 0 N–H and O–H groups in total. The van der Waals surface area contributed by atoms with Gasteiger partial charge < -0.3 is 9.64 Å². The molecule has 2 atom stereocenters. The van der Waals surface area contributed by atoms with Crippen molar-refractivity contribution in [2.24, 2.45) is 11.8 Å². The van der Waals surface area contributed by atoms with Crippen molar-refractivity contribution in [1.29, 1.82) is 0 Å². The molecule has 2 unspecified atom stereocenters. The van der Waals surface area contributed by atoms with Gasteiger partial charge in [0.2, 0.25) is 0 Å². The van der Waals surface area contributed by atoms with Crippen molar-refractivity contribution in [2.75, 3.05) is 33.3 Å². The molecule has 2 aromatic carbocycles. The van der Waals surface area contributed by atoms with Crippen LogP contribution in [0, 0.1) is 11.8 Å². The first-order chi connectivity index (χ1) is 17.2. The van der Waals surface area contributed by atoms with Gasteiger partial charge in [0.25, 0.3) is 0 Å². The maximum atomic E-state index is 13.2. The number of alkyl halides is 3. The van der Waals surface area contributed by atoms with Crippen LogP contribution in [-0.4, -0.2) is 43.1 Å². The smallest absolute Gasteiger partial charge is 0.416 e. The first-order valence-corrected chi connectivity index (χ1v) is 12.6. The summed E-state index contributed by atoms with van der Waals surface area (Å²) in [4.78, 5) is 4.79. The summed E-state index contributed by atoms with van der Waals surface area (Å²) < 4.78 is 45.2. The molecule has 2 aliphatic rings. The molecule has 0 bridgehead atoms. The highest BCUT2D eigenvalue weighted by molar-refractivity contribution is 5.37. The van der Waals surface area contributed by atoms with Crippen LogP contribution in [0.3, 0.4) is 0 Å². The van der Waals surface area contributed by atoms with Crippen molar-refractivity contribution in [3.8, 4) is 0 Å². The third-order valence-electron chi connectivity index (χ3n) is 7.24. The molecule has 0 saturated carbocycles. The molecular formula is C30H35F3N2O. The predicted molar refractivity (Wildman–Crippen MR) is 138 cm³/mol. The molecule has 3 nitrogen and oxygen atoms in total. The first-order valence-electron chi connectivity index (χ1n) is 12.6. The van der Waals surface area contributed by atoms with Crippen LogP contribution in [0.2, 0.25) is 0 Å². The lowest BCUT2D eigenvalue weighted by molar-refractivity contribution is -0.137. The Morgan fingerprint density at radius 1 is 0.861 bits per heavy atom. The van der Waals surface area contributed by atoms with Crippen LogP contribution < -0.4 is 0 Å². The van der Waals surface area contributed by atoms with Crippen LogP contribution in [0.5, 0.6) is 0 Å². The minimum Gasteiger partial charge on any atom is -0.500 e. The molecule has 2 aromatic rings. The number of benzene rings is 2. The quantitative estimate of drug-likeness (QED) is 0.426. The van der Waals surface area contributed by atoms with E-state index in [-0.39, 0.29) is 12.0 Å². The summed E-state index contributed by atoms with van der Waals surface area (Å²) in [6, 6.07) is 15.6. The summed E-state index contributed by atoms with van der Waals surface area (Å²) in [6.07, 6.45) is 2.24. The molecular weight excluding hydrogens is 461 g/mol. The Kier molecular flexibility index (Phi) is 7.94. The van der Waals surface area contributed by atoms with Crippen LogP contribution in [-0.2, 0) is 10.9 Å². The number of hydrogen-bond donors (Lipinski definition) is 0. The number of allylic oxidation sites excluding steroid dienone is 4. The fraction of sp³-hybridized carbons (Fsp3) is 0.400.